The molecule has 0 aliphatic carbocycles. The molecule has 0 spiro atoms. The maximum absolute atomic E-state index is 12.6. The first-order valence-electron chi connectivity index (χ1n) is 10.5. The van der Waals surface area contributed by atoms with Crippen molar-refractivity contribution in [1.82, 2.24) is 9.80 Å². The van der Waals surface area contributed by atoms with E-state index in [1.165, 1.54) is 4.90 Å². The number of carbonyl (C=O) groups excluding carboxylic acids is 2. The molecule has 6 heteroatoms. The van der Waals surface area contributed by atoms with E-state index in [-0.39, 0.29) is 23.7 Å². The average molecular weight is 400 g/mol. The zero-order chi connectivity index (χ0) is 21.0. The minimum Gasteiger partial charge on any atom is -0.495 e. The molecular formula is C23H33N3O3. The third-order valence-corrected chi connectivity index (χ3v) is 6.06. The number of imide groups is 1. The zero-order valence-corrected chi connectivity index (χ0v) is 17.9. The number of para-hydroxylation sites is 2. The highest BCUT2D eigenvalue weighted by atomic mass is 16.5. The Morgan fingerprint density at radius 1 is 1.10 bits per heavy atom. The maximum atomic E-state index is 12.6. The Morgan fingerprint density at radius 2 is 1.79 bits per heavy atom. The molecule has 0 radical (unpaired) electrons. The summed E-state index contributed by atoms with van der Waals surface area (Å²) in [7, 11) is 1.71. The maximum Gasteiger partial charge on any atom is 0.233 e. The van der Waals surface area contributed by atoms with Crippen molar-refractivity contribution in [2.24, 2.45) is 11.8 Å². The summed E-state index contributed by atoms with van der Waals surface area (Å²) in [5.74, 6) is 0.396. The molecule has 0 N–H and O–H groups in total. The summed E-state index contributed by atoms with van der Waals surface area (Å²) in [4.78, 5) is 31.4. The van der Waals surface area contributed by atoms with Gasteiger partial charge in [0.1, 0.15) is 5.75 Å². The van der Waals surface area contributed by atoms with E-state index in [2.05, 4.69) is 22.4 Å². The zero-order valence-electron chi connectivity index (χ0n) is 17.9. The van der Waals surface area contributed by atoms with Gasteiger partial charge in [-0.25, -0.2) is 0 Å². The molecule has 0 bridgehead atoms. The first kappa shape index (κ1) is 21.4. The number of benzene rings is 1. The molecule has 0 saturated carbocycles. The summed E-state index contributed by atoms with van der Waals surface area (Å²) in [6.45, 7) is 12.9. The minimum atomic E-state index is -0.233. The topological polar surface area (TPSA) is 53.1 Å². The molecule has 1 aromatic carbocycles. The van der Waals surface area contributed by atoms with Crippen molar-refractivity contribution in [2.45, 2.75) is 26.7 Å². The Morgan fingerprint density at radius 3 is 2.45 bits per heavy atom. The van der Waals surface area contributed by atoms with Crippen LogP contribution in [0.3, 0.4) is 0 Å². The van der Waals surface area contributed by atoms with Gasteiger partial charge >= 0.3 is 0 Å². The molecule has 2 fully saturated rings. The Bertz CT molecular complexity index is 755. The third-order valence-electron chi connectivity index (χ3n) is 6.06. The molecule has 2 heterocycles. The van der Waals surface area contributed by atoms with Gasteiger partial charge in [0.15, 0.2) is 0 Å². The van der Waals surface area contributed by atoms with E-state index >= 15 is 0 Å². The molecule has 2 aliphatic heterocycles. The van der Waals surface area contributed by atoms with Crippen LogP contribution in [0.4, 0.5) is 5.69 Å². The van der Waals surface area contributed by atoms with Crippen LogP contribution in [0.15, 0.2) is 36.4 Å². The number of carbonyl (C=O) groups is 2. The van der Waals surface area contributed by atoms with E-state index in [9.17, 15) is 9.59 Å². The van der Waals surface area contributed by atoms with Crippen molar-refractivity contribution in [3.63, 3.8) is 0 Å². The van der Waals surface area contributed by atoms with Gasteiger partial charge in [0, 0.05) is 38.6 Å². The van der Waals surface area contributed by atoms with Gasteiger partial charge in [0.05, 0.1) is 18.7 Å². The number of likely N-dealkylation sites (tertiary alicyclic amines) is 1. The van der Waals surface area contributed by atoms with Crippen LogP contribution in [0.2, 0.25) is 0 Å². The molecular weight excluding hydrogens is 366 g/mol. The predicted octanol–water partition coefficient (Wildman–Crippen LogP) is 2.79. The normalized spacial score (nSPS) is 23.0. The molecule has 2 unspecified atom stereocenters. The van der Waals surface area contributed by atoms with Gasteiger partial charge in [0.2, 0.25) is 11.8 Å². The number of amides is 2. The second kappa shape index (κ2) is 9.44. The van der Waals surface area contributed by atoms with E-state index in [0.717, 1.165) is 56.2 Å². The monoisotopic (exact) mass is 399 g/mol. The van der Waals surface area contributed by atoms with Gasteiger partial charge in [-0.2, -0.15) is 0 Å². The first-order chi connectivity index (χ1) is 13.9. The Hall–Kier alpha value is -2.34. The van der Waals surface area contributed by atoms with Gasteiger partial charge in [-0.1, -0.05) is 24.6 Å². The summed E-state index contributed by atoms with van der Waals surface area (Å²) in [6, 6.07) is 8.12. The number of piperazine rings is 1. The van der Waals surface area contributed by atoms with E-state index in [4.69, 9.17) is 4.74 Å². The highest BCUT2D eigenvalue weighted by Crippen LogP contribution is 2.31. The number of ether oxygens (including phenoxy) is 1. The van der Waals surface area contributed by atoms with Crippen LogP contribution in [0.5, 0.6) is 5.75 Å². The highest BCUT2D eigenvalue weighted by Gasteiger charge is 2.44. The number of hydrogen-bond acceptors (Lipinski definition) is 5. The summed E-state index contributed by atoms with van der Waals surface area (Å²) in [5.41, 5.74) is 2.10. The molecule has 6 nitrogen and oxygen atoms in total. The third kappa shape index (κ3) is 4.81. The molecule has 2 amide bonds. The lowest BCUT2D eigenvalue weighted by molar-refractivity contribution is -0.139. The Kier molecular flexibility index (Phi) is 6.96. The number of rotatable bonds is 8. The number of anilines is 1. The van der Waals surface area contributed by atoms with E-state index < -0.39 is 0 Å². The largest absolute Gasteiger partial charge is 0.495 e. The van der Waals surface area contributed by atoms with Crippen LogP contribution >= 0.6 is 0 Å². The summed E-state index contributed by atoms with van der Waals surface area (Å²) in [5, 5.41) is 0. The van der Waals surface area contributed by atoms with Crippen LogP contribution < -0.4 is 9.64 Å². The Labute approximate surface area is 174 Å². The predicted molar refractivity (Wildman–Crippen MR) is 115 cm³/mol. The number of hydrogen-bond donors (Lipinski definition) is 0. The lowest BCUT2D eigenvalue weighted by atomic mass is 9.91. The summed E-state index contributed by atoms with van der Waals surface area (Å²) < 4.78 is 5.48. The quantitative estimate of drug-likeness (QED) is 0.497. The Balaban J connectivity index is 1.46. The van der Waals surface area contributed by atoms with Gasteiger partial charge in [-0.3, -0.25) is 19.4 Å². The average Bonchev–Trinajstić information content (AvgIpc) is 2.92. The van der Waals surface area contributed by atoms with E-state index in [0.29, 0.717) is 13.0 Å². The molecule has 29 heavy (non-hydrogen) atoms. The van der Waals surface area contributed by atoms with Crippen LogP contribution in [-0.2, 0) is 9.59 Å². The lowest BCUT2D eigenvalue weighted by Crippen LogP contribution is -2.47. The van der Waals surface area contributed by atoms with Crippen molar-refractivity contribution >= 4 is 17.5 Å². The molecule has 3 rings (SSSR count). The van der Waals surface area contributed by atoms with E-state index in [1.54, 1.807) is 7.11 Å². The van der Waals surface area contributed by atoms with Crippen molar-refractivity contribution in [2.75, 3.05) is 51.3 Å². The van der Waals surface area contributed by atoms with Gasteiger partial charge < -0.3 is 9.64 Å². The molecule has 2 saturated heterocycles. The van der Waals surface area contributed by atoms with Gasteiger partial charge in [0.25, 0.3) is 0 Å². The molecule has 1 aromatic rings. The standard InChI is InChI=1S/C23H33N3O3/c1-17(2)16-19-18(3)22(27)26(23(19)28)11-7-10-24-12-14-25(15-13-24)20-8-5-6-9-21(20)29-4/h5-6,8-9,18-19H,1,7,10-16H2,2-4H3. The van der Waals surface area contributed by atoms with Gasteiger partial charge in [-0.15, -0.1) is 6.58 Å². The van der Waals surface area contributed by atoms with Crippen LogP contribution in [0, 0.1) is 11.8 Å². The SMILES string of the molecule is C=C(C)CC1C(=O)N(CCCN2CCN(c3ccccc3OC)CC2)C(=O)C1C. The number of methoxy groups -OCH3 is 1. The first-order valence-corrected chi connectivity index (χ1v) is 10.5. The van der Waals surface area contributed by atoms with Crippen LogP contribution in [0.25, 0.3) is 0 Å². The smallest absolute Gasteiger partial charge is 0.233 e. The molecule has 2 atom stereocenters. The summed E-state index contributed by atoms with van der Waals surface area (Å²) >= 11 is 0. The van der Waals surface area contributed by atoms with E-state index in [1.807, 2.05) is 32.0 Å². The van der Waals surface area contributed by atoms with Crippen LogP contribution in [0.1, 0.15) is 26.7 Å². The highest BCUT2D eigenvalue weighted by molar-refractivity contribution is 6.05. The number of allylic oxidation sites excluding steroid dienone is 1. The van der Waals surface area contributed by atoms with Crippen LogP contribution in [-0.4, -0.2) is 68.0 Å². The number of nitrogens with zero attached hydrogens (tertiary/aromatic N) is 3. The molecule has 0 aromatic heterocycles. The fourth-order valence-electron chi connectivity index (χ4n) is 4.36. The van der Waals surface area contributed by atoms with Crippen molar-refractivity contribution in [1.29, 1.82) is 0 Å². The fourth-order valence-corrected chi connectivity index (χ4v) is 4.36. The van der Waals surface area contributed by atoms with Gasteiger partial charge in [-0.05, 0) is 38.4 Å². The minimum absolute atomic E-state index is 0.0218. The van der Waals surface area contributed by atoms with Crippen molar-refractivity contribution in [3.8, 4) is 5.75 Å². The lowest BCUT2D eigenvalue weighted by Gasteiger charge is -2.36. The molecule has 158 valence electrons. The van der Waals surface area contributed by atoms with Crippen molar-refractivity contribution in [3.05, 3.63) is 36.4 Å². The molecule has 2 aliphatic rings. The second-order valence-electron chi connectivity index (χ2n) is 8.24. The summed E-state index contributed by atoms with van der Waals surface area (Å²) in [6.07, 6.45) is 1.42. The van der Waals surface area contributed by atoms with Crippen molar-refractivity contribution < 1.29 is 14.3 Å². The second-order valence-corrected chi connectivity index (χ2v) is 8.24. The fraction of sp³-hybridized carbons (Fsp3) is 0.565.